The smallest absolute Gasteiger partial charge is 0.191 e. The summed E-state index contributed by atoms with van der Waals surface area (Å²) in [6.45, 7) is 12.4. The van der Waals surface area contributed by atoms with Crippen molar-refractivity contribution in [3.63, 3.8) is 0 Å². The fraction of sp³-hybridized carbons (Fsp3) is 1.00. The zero-order chi connectivity index (χ0) is 13.4. The number of hydrogen-bond donors (Lipinski definition) is 0. The molecule has 0 saturated carbocycles. The molecule has 0 heterocycles. The minimum absolute atomic E-state index is 0.968. The van der Waals surface area contributed by atoms with Crippen LogP contribution in [0.2, 0.25) is 37.3 Å². The predicted molar refractivity (Wildman–Crippen MR) is 81.7 cm³/mol. The maximum Gasteiger partial charge on any atom is 0.191 e. The first-order valence-corrected chi connectivity index (χ1v) is 12.8. The van der Waals surface area contributed by atoms with Crippen LogP contribution in [0.4, 0.5) is 0 Å². The first-order chi connectivity index (χ1) is 7.95. The lowest BCUT2D eigenvalue weighted by Gasteiger charge is -2.28. The van der Waals surface area contributed by atoms with Gasteiger partial charge in [-0.3, -0.25) is 0 Å². The van der Waals surface area contributed by atoms with Crippen molar-refractivity contribution in [1.29, 1.82) is 0 Å². The molecule has 0 N–H and O–H groups in total. The van der Waals surface area contributed by atoms with Crippen LogP contribution >= 0.6 is 0 Å². The van der Waals surface area contributed by atoms with Gasteiger partial charge in [-0.25, -0.2) is 0 Å². The molecule has 0 atom stereocenters. The largest absolute Gasteiger partial charge is 0.420 e. The fourth-order valence-electron chi connectivity index (χ4n) is 2.10. The zero-order valence-electron chi connectivity index (χ0n) is 12.8. The van der Waals surface area contributed by atoms with E-state index in [4.69, 9.17) is 8.85 Å². The number of rotatable bonds is 10. The Kier molecular flexibility index (Phi) is 8.63. The normalized spacial score (nSPS) is 13.1. The molecule has 0 aliphatic carbocycles. The van der Waals surface area contributed by atoms with Gasteiger partial charge < -0.3 is 8.85 Å². The quantitative estimate of drug-likeness (QED) is 0.427. The molecule has 17 heavy (non-hydrogen) atoms. The molecule has 104 valence electrons. The van der Waals surface area contributed by atoms with Gasteiger partial charge in [-0.15, -0.1) is 0 Å². The average molecular weight is 277 g/mol. The van der Waals surface area contributed by atoms with Crippen LogP contribution < -0.4 is 0 Å². The molecule has 0 rings (SSSR count). The molecule has 0 aromatic carbocycles. The molecule has 0 saturated heterocycles. The summed E-state index contributed by atoms with van der Waals surface area (Å²) in [6.07, 6.45) is 2.46. The molecule has 4 heteroatoms. The van der Waals surface area contributed by atoms with Crippen molar-refractivity contribution in [3.05, 3.63) is 0 Å². The Labute approximate surface area is 110 Å². The Bertz CT molecular complexity index is 184. The van der Waals surface area contributed by atoms with Gasteiger partial charge in [-0.2, -0.15) is 0 Å². The van der Waals surface area contributed by atoms with E-state index >= 15 is 0 Å². The Balaban J connectivity index is 3.77. The molecule has 0 aromatic heterocycles. The van der Waals surface area contributed by atoms with Crippen LogP contribution in [-0.2, 0) is 8.85 Å². The molecule has 0 aromatic rings. The highest BCUT2D eigenvalue weighted by Gasteiger charge is 2.28. The highest BCUT2D eigenvalue weighted by Crippen LogP contribution is 2.22. The monoisotopic (exact) mass is 276 g/mol. The van der Waals surface area contributed by atoms with Gasteiger partial charge in [-0.05, 0) is 43.7 Å². The lowest BCUT2D eigenvalue weighted by atomic mass is 10.4. The fourth-order valence-corrected chi connectivity index (χ4v) is 6.09. The second-order valence-corrected chi connectivity index (χ2v) is 14.7. The van der Waals surface area contributed by atoms with Gasteiger partial charge >= 0.3 is 0 Å². The van der Waals surface area contributed by atoms with E-state index in [0.29, 0.717) is 0 Å². The topological polar surface area (TPSA) is 18.5 Å². The van der Waals surface area contributed by atoms with Crippen molar-refractivity contribution in [2.75, 3.05) is 13.7 Å². The van der Waals surface area contributed by atoms with Crippen molar-refractivity contribution in [2.24, 2.45) is 0 Å². The van der Waals surface area contributed by atoms with E-state index in [-0.39, 0.29) is 0 Å². The molecule has 0 radical (unpaired) electrons. The molecule has 0 spiro atoms. The first kappa shape index (κ1) is 17.4. The molecule has 0 fully saturated rings. The third-order valence-corrected chi connectivity index (χ3v) is 11.4. The molecule has 0 amide bonds. The van der Waals surface area contributed by atoms with Crippen molar-refractivity contribution < 1.29 is 8.85 Å². The Hall–Kier alpha value is 0.354. The van der Waals surface area contributed by atoms with E-state index in [1.54, 1.807) is 0 Å². The summed E-state index contributed by atoms with van der Waals surface area (Å²) < 4.78 is 11.8. The van der Waals surface area contributed by atoms with E-state index in [1.165, 1.54) is 37.0 Å². The highest BCUT2D eigenvalue weighted by molar-refractivity contribution is 6.73. The lowest BCUT2D eigenvalue weighted by Crippen LogP contribution is -2.36. The zero-order valence-corrected chi connectivity index (χ0v) is 14.8. The summed E-state index contributed by atoms with van der Waals surface area (Å²) in [4.78, 5) is 0. The first-order valence-electron chi connectivity index (χ1n) is 7.14. The van der Waals surface area contributed by atoms with Gasteiger partial charge in [0, 0.05) is 13.7 Å². The van der Waals surface area contributed by atoms with Gasteiger partial charge in [0.2, 0.25) is 0 Å². The van der Waals surface area contributed by atoms with E-state index in [9.17, 15) is 0 Å². The maximum atomic E-state index is 6.24. The maximum absolute atomic E-state index is 6.24. The van der Waals surface area contributed by atoms with Crippen LogP contribution in [0.1, 0.15) is 33.6 Å². The second-order valence-electron chi connectivity index (χ2n) is 5.51. The van der Waals surface area contributed by atoms with Crippen molar-refractivity contribution in [1.82, 2.24) is 0 Å². The van der Waals surface area contributed by atoms with E-state index in [1.807, 2.05) is 7.11 Å². The predicted octanol–water partition coefficient (Wildman–Crippen LogP) is 4.64. The highest BCUT2D eigenvalue weighted by atomic mass is 28.4. The lowest BCUT2D eigenvalue weighted by molar-refractivity contribution is 0.290. The second kappa shape index (κ2) is 8.45. The van der Waals surface area contributed by atoms with Gasteiger partial charge in [0.1, 0.15) is 0 Å². The Morgan fingerprint density at radius 1 is 0.882 bits per heavy atom. The third kappa shape index (κ3) is 6.74. The van der Waals surface area contributed by atoms with Crippen LogP contribution in [0, 0.1) is 0 Å². The molecule has 0 aliphatic heterocycles. The molecule has 0 unspecified atom stereocenters. The van der Waals surface area contributed by atoms with Crippen LogP contribution in [0.25, 0.3) is 0 Å². The minimum atomic E-state index is -1.34. The summed E-state index contributed by atoms with van der Waals surface area (Å²) in [7, 11) is -0.831. The molecule has 0 bridgehead atoms. The Morgan fingerprint density at radius 2 is 1.41 bits per heavy atom. The standard InChI is InChI=1S/C13H32O2Si2/c1-7-17(8-2,9-3)15-12-10-11-13-16(5,6)14-4/h7-13H2,1-6H3. The van der Waals surface area contributed by atoms with Crippen LogP contribution in [0.3, 0.4) is 0 Å². The van der Waals surface area contributed by atoms with Gasteiger partial charge in [0.05, 0.1) is 0 Å². The average Bonchev–Trinajstić information content (AvgIpc) is 2.34. The summed E-state index contributed by atoms with van der Waals surface area (Å²) >= 11 is 0. The summed E-state index contributed by atoms with van der Waals surface area (Å²) in [5.74, 6) is 0. The third-order valence-electron chi connectivity index (χ3n) is 4.07. The summed E-state index contributed by atoms with van der Waals surface area (Å²) in [6, 6.07) is 5.04. The molecule has 2 nitrogen and oxygen atoms in total. The number of unbranched alkanes of at least 4 members (excludes halogenated alkanes) is 1. The van der Waals surface area contributed by atoms with Crippen molar-refractivity contribution >= 4 is 16.6 Å². The summed E-state index contributed by atoms with van der Waals surface area (Å²) in [5, 5.41) is 0. The van der Waals surface area contributed by atoms with E-state index in [0.717, 1.165) is 6.61 Å². The molecular formula is C13H32O2Si2. The van der Waals surface area contributed by atoms with Crippen LogP contribution in [0.5, 0.6) is 0 Å². The summed E-state index contributed by atoms with van der Waals surface area (Å²) in [5.41, 5.74) is 0. The van der Waals surface area contributed by atoms with E-state index < -0.39 is 16.6 Å². The van der Waals surface area contributed by atoms with Crippen LogP contribution in [0.15, 0.2) is 0 Å². The molecule has 0 aliphatic rings. The SMILES string of the molecule is CC[Si](CC)(CC)OCCCC[Si](C)(C)OC. The van der Waals surface area contributed by atoms with Gasteiger partial charge in [-0.1, -0.05) is 27.2 Å². The van der Waals surface area contributed by atoms with Crippen molar-refractivity contribution in [3.8, 4) is 0 Å². The van der Waals surface area contributed by atoms with Gasteiger partial charge in [0.15, 0.2) is 16.6 Å². The molecular weight excluding hydrogens is 244 g/mol. The van der Waals surface area contributed by atoms with Crippen LogP contribution in [-0.4, -0.2) is 30.4 Å². The number of hydrogen-bond acceptors (Lipinski definition) is 2. The minimum Gasteiger partial charge on any atom is -0.420 e. The van der Waals surface area contributed by atoms with Gasteiger partial charge in [0.25, 0.3) is 0 Å². The van der Waals surface area contributed by atoms with Crippen molar-refractivity contribution in [2.45, 2.75) is 70.9 Å². The Morgan fingerprint density at radius 3 is 1.82 bits per heavy atom. The van der Waals surface area contributed by atoms with E-state index in [2.05, 4.69) is 33.9 Å².